The predicted molar refractivity (Wildman–Crippen MR) is 50.2 cm³/mol. The van der Waals surface area contributed by atoms with Crippen LogP contribution in [0.5, 0.6) is 5.75 Å². The van der Waals surface area contributed by atoms with Gasteiger partial charge in [-0.1, -0.05) is 15.9 Å². The van der Waals surface area contributed by atoms with Crippen LogP contribution in [-0.2, 0) is 5.33 Å². The Balaban J connectivity index is 3.37. The Bertz CT molecular complexity index is 451. The average Bonchev–Trinajstić information content (AvgIpc) is 2.17. The van der Waals surface area contributed by atoms with E-state index in [1.165, 1.54) is 0 Å². The van der Waals surface area contributed by atoms with Crippen LogP contribution in [0.1, 0.15) is 5.69 Å². The Morgan fingerprint density at radius 2 is 2.12 bits per heavy atom. The fraction of sp³-hybridized carbons (Fsp3) is 0.286. The second-order valence-electron chi connectivity index (χ2n) is 2.68. The van der Waals surface area contributed by atoms with Crippen molar-refractivity contribution in [2.75, 3.05) is 0 Å². The lowest BCUT2D eigenvalue weighted by molar-refractivity contribution is -0.389. The van der Waals surface area contributed by atoms with Gasteiger partial charge in [0.25, 0.3) is 0 Å². The predicted octanol–water partition coefficient (Wildman–Crippen LogP) is 2.92. The van der Waals surface area contributed by atoms with E-state index in [0.717, 1.165) is 0 Å². The summed E-state index contributed by atoms with van der Waals surface area (Å²) in [5, 5.41) is 10.2. The van der Waals surface area contributed by atoms with Crippen molar-refractivity contribution in [1.29, 1.82) is 0 Å². The van der Waals surface area contributed by atoms with Crippen molar-refractivity contribution in [2.24, 2.45) is 0 Å². The third-order valence-corrected chi connectivity index (χ3v) is 2.06. The monoisotopic (exact) mass is 318 g/mol. The molecule has 0 saturated heterocycles. The summed E-state index contributed by atoms with van der Waals surface area (Å²) in [4.78, 5) is 12.4. The first-order valence-corrected chi connectivity index (χ1v) is 5.02. The number of nitrogens with zero attached hydrogens (tertiary/aromatic N) is 2. The number of alkyl halides is 4. The van der Waals surface area contributed by atoms with Gasteiger partial charge in [0.05, 0.1) is 11.0 Å². The van der Waals surface area contributed by atoms with Crippen molar-refractivity contribution in [1.82, 2.24) is 4.98 Å². The molecule has 0 fully saturated rings. The van der Waals surface area contributed by atoms with E-state index >= 15 is 0 Å². The molecule has 1 aromatic heterocycles. The largest absolute Gasteiger partial charge is 0.573 e. The van der Waals surface area contributed by atoms with Gasteiger partial charge in [-0.2, -0.15) is 4.39 Å². The van der Waals surface area contributed by atoms with Crippen molar-refractivity contribution in [3.05, 3.63) is 27.8 Å². The minimum atomic E-state index is -5.12. The molecule has 0 aromatic carbocycles. The molecular formula is C7H3BrF4N2O3. The highest BCUT2D eigenvalue weighted by Gasteiger charge is 2.36. The second-order valence-corrected chi connectivity index (χ2v) is 3.24. The van der Waals surface area contributed by atoms with Gasteiger partial charge in [-0.3, -0.25) is 10.1 Å². The first kappa shape index (κ1) is 13.6. The molecule has 0 bridgehead atoms. The van der Waals surface area contributed by atoms with Gasteiger partial charge >= 0.3 is 12.0 Å². The Morgan fingerprint density at radius 3 is 2.53 bits per heavy atom. The number of nitro groups is 1. The summed E-state index contributed by atoms with van der Waals surface area (Å²) in [7, 11) is 0. The molecule has 0 spiro atoms. The Morgan fingerprint density at radius 1 is 1.53 bits per heavy atom. The summed E-state index contributed by atoms with van der Waals surface area (Å²) >= 11 is 2.73. The molecule has 1 heterocycles. The molecule has 0 radical (unpaired) electrons. The first-order chi connectivity index (χ1) is 7.74. The van der Waals surface area contributed by atoms with Gasteiger partial charge in [0, 0.05) is 5.33 Å². The van der Waals surface area contributed by atoms with Crippen LogP contribution >= 0.6 is 15.9 Å². The van der Waals surface area contributed by atoms with E-state index < -0.39 is 34.4 Å². The molecule has 0 aliphatic carbocycles. The van der Waals surface area contributed by atoms with Crippen LogP contribution in [0.15, 0.2) is 6.07 Å². The third kappa shape index (κ3) is 3.51. The zero-order chi connectivity index (χ0) is 13.2. The number of aromatic nitrogens is 1. The minimum absolute atomic E-state index is 0.257. The number of ether oxygens (including phenoxy) is 1. The average molecular weight is 319 g/mol. The summed E-state index contributed by atoms with van der Waals surface area (Å²) in [5.74, 6) is -2.39. The molecule has 0 aliphatic rings. The Labute approximate surface area is 99.7 Å². The van der Waals surface area contributed by atoms with Crippen molar-refractivity contribution >= 4 is 21.6 Å². The third-order valence-electron chi connectivity index (χ3n) is 1.53. The smallest absolute Gasteiger partial charge is 0.396 e. The zero-order valence-electron chi connectivity index (χ0n) is 7.79. The highest BCUT2D eigenvalue weighted by atomic mass is 79.9. The molecular weight excluding hydrogens is 316 g/mol. The molecule has 0 N–H and O–H groups in total. The van der Waals surface area contributed by atoms with Crippen molar-refractivity contribution < 1.29 is 27.2 Å². The van der Waals surface area contributed by atoms with Crippen LogP contribution < -0.4 is 4.74 Å². The zero-order valence-corrected chi connectivity index (χ0v) is 9.38. The van der Waals surface area contributed by atoms with Gasteiger partial charge < -0.3 is 4.74 Å². The van der Waals surface area contributed by atoms with Crippen LogP contribution in [0.3, 0.4) is 0 Å². The topological polar surface area (TPSA) is 65.3 Å². The van der Waals surface area contributed by atoms with Gasteiger partial charge in [-0.25, -0.2) is 4.98 Å². The molecule has 17 heavy (non-hydrogen) atoms. The van der Waals surface area contributed by atoms with E-state index in [4.69, 9.17) is 0 Å². The second kappa shape index (κ2) is 4.82. The highest BCUT2D eigenvalue weighted by molar-refractivity contribution is 9.08. The van der Waals surface area contributed by atoms with Crippen molar-refractivity contribution in [3.8, 4) is 5.75 Å². The van der Waals surface area contributed by atoms with E-state index in [9.17, 15) is 27.7 Å². The van der Waals surface area contributed by atoms with Crippen LogP contribution in [0.25, 0.3) is 0 Å². The lowest BCUT2D eigenvalue weighted by Crippen LogP contribution is -2.19. The van der Waals surface area contributed by atoms with Crippen molar-refractivity contribution in [2.45, 2.75) is 11.7 Å². The molecule has 0 amide bonds. The summed E-state index contributed by atoms with van der Waals surface area (Å²) in [6.45, 7) is 0. The maximum absolute atomic E-state index is 12.8. The summed E-state index contributed by atoms with van der Waals surface area (Å²) in [6, 6.07) is 0.257. The number of hydrogen-bond donors (Lipinski definition) is 0. The number of rotatable bonds is 3. The van der Waals surface area contributed by atoms with Gasteiger partial charge in [0.1, 0.15) is 5.69 Å². The van der Waals surface area contributed by atoms with Gasteiger partial charge in [-0.05, 0) is 0 Å². The van der Waals surface area contributed by atoms with Crippen LogP contribution in [-0.4, -0.2) is 16.3 Å². The molecule has 0 aliphatic heterocycles. The maximum atomic E-state index is 12.8. The molecule has 94 valence electrons. The maximum Gasteiger partial charge on any atom is 0.573 e. The molecule has 1 aromatic rings. The molecule has 0 atom stereocenters. The van der Waals surface area contributed by atoms with Gasteiger partial charge in [0.15, 0.2) is 0 Å². The van der Waals surface area contributed by atoms with Crippen LogP contribution in [0.2, 0.25) is 0 Å². The van der Waals surface area contributed by atoms with Gasteiger partial charge in [-0.15, -0.1) is 13.2 Å². The Hall–Kier alpha value is -1.45. The number of pyridine rings is 1. The molecule has 10 heteroatoms. The number of halogens is 5. The number of hydrogen-bond acceptors (Lipinski definition) is 4. The Kier molecular flexibility index (Phi) is 3.86. The normalized spacial score (nSPS) is 11.4. The fourth-order valence-corrected chi connectivity index (χ4v) is 1.37. The van der Waals surface area contributed by atoms with E-state index in [2.05, 4.69) is 25.7 Å². The quantitative estimate of drug-likeness (QED) is 0.282. The highest BCUT2D eigenvalue weighted by Crippen LogP contribution is 2.35. The fourth-order valence-electron chi connectivity index (χ4n) is 0.991. The van der Waals surface area contributed by atoms with Gasteiger partial charge in [0.2, 0.25) is 11.7 Å². The van der Waals surface area contributed by atoms with E-state index in [-0.39, 0.29) is 11.4 Å². The molecule has 5 nitrogen and oxygen atoms in total. The van der Waals surface area contributed by atoms with Crippen LogP contribution in [0, 0.1) is 16.1 Å². The van der Waals surface area contributed by atoms with Crippen LogP contribution in [0.4, 0.5) is 23.2 Å². The summed E-state index contributed by atoms with van der Waals surface area (Å²) in [6.07, 6.45) is -5.12. The van der Waals surface area contributed by atoms with E-state index in [0.29, 0.717) is 0 Å². The molecule has 0 unspecified atom stereocenters. The standard InChI is InChI=1S/C7H3BrF4N2O3/c8-2-3-6(17-7(10,11)12)4(14(15)16)1-5(9)13-3/h1H,2H2. The summed E-state index contributed by atoms with van der Waals surface area (Å²) in [5.41, 5.74) is -1.68. The van der Waals surface area contributed by atoms with E-state index in [1.54, 1.807) is 0 Å². The van der Waals surface area contributed by atoms with E-state index in [1.807, 2.05) is 0 Å². The molecule has 1 rings (SSSR count). The summed E-state index contributed by atoms with van der Waals surface area (Å²) < 4.78 is 52.3. The SMILES string of the molecule is O=[N+]([O-])c1cc(F)nc(CBr)c1OC(F)(F)F. The lowest BCUT2D eigenvalue weighted by atomic mass is 10.3. The van der Waals surface area contributed by atoms with Crippen molar-refractivity contribution in [3.63, 3.8) is 0 Å². The lowest BCUT2D eigenvalue weighted by Gasteiger charge is -2.11. The first-order valence-electron chi connectivity index (χ1n) is 3.90. The molecule has 0 saturated carbocycles. The minimum Gasteiger partial charge on any atom is -0.396 e.